The van der Waals surface area contributed by atoms with E-state index in [4.69, 9.17) is 9.84 Å². The lowest BCUT2D eigenvalue weighted by Crippen LogP contribution is -2.42. The van der Waals surface area contributed by atoms with Gasteiger partial charge in [0, 0.05) is 13.1 Å². The molecular formula is C14H18N2O6S. The predicted octanol–water partition coefficient (Wildman–Crippen LogP) is 0.527. The third-order valence-corrected chi connectivity index (χ3v) is 5.56. The molecule has 1 aliphatic rings. The fourth-order valence-electron chi connectivity index (χ4n) is 2.36. The number of nitrogens with zero attached hydrogens (tertiary/aromatic N) is 2. The number of sulfonamides is 1. The zero-order valence-corrected chi connectivity index (χ0v) is 13.7. The zero-order chi connectivity index (χ0) is 17.2. The van der Waals surface area contributed by atoms with Crippen molar-refractivity contribution in [3.63, 3.8) is 0 Å². The van der Waals surface area contributed by atoms with Crippen molar-refractivity contribution in [3.05, 3.63) is 18.2 Å². The number of ether oxygens (including phenoxy) is 1. The first kappa shape index (κ1) is 17.2. The Bertz CT molecular complexity index is 727. The molecule has 9 heteroatoms. The van der Waals surface area contributed by atoms with Crippen molar-refractivity contribution in [3.8, 4) is 5.75 Å². The van der Waals surface area contributed by atoms with E-state index in [1.54, 1.807) is 13.8 Å². The van der Waals surface area contributed by atoms with Crippen LogP contribution in [0.3, 0.4) is 0 Å². The third-order valence-electron chi connectivity index (χ3n) is 3.51. The summed E-state index contributed by atoms with van der Waals surface area (Å²) >= 11 is 0. The molecule has 0 saturated carbocycles. The number of carboxylic acids is 1. The Balaban J connectivity index is 2.50. The van der Waals surface area contributed by atoms with Crippen molar-refractivity contribution < 1.29 is 27.9 Å². The van der Waals surface area contributed by atoms with E-state index in [1.165, 1.54) is 22.5 Å². The molecule has 0 unspecified atom stereocenters. The molecule has 0 aromatic heterocycles. The number of hydrogen-bond acceptors (Lipinski definition) is 5. The molecule has 0 saturated heterocycles. The molecule has 1 aromatic rings. The average molecular weight is 342 g/mol. The lowest BCUT2D eigenvalue weighted by molar-refractivity contribution is -0.137. The monoisotopic (exact) mass is 342 g/mol. The van der Waals surface area contributed by atoms with Gasteiger partial charge in [0.2, 0.25) is 10.0 Å². The maximum atomic E-state index is 12.6. The van der Waals surface area contributed by atoms with Crippen LogP contribution in [0.2, 0.25) is 0 Å². The highest BCUT2D eigenvalue weighted by Crippen LogP contribution is 2.34. The van der Waals surface area contributed by atoms with E-state index < -0.39 is 28.4 Å². The molecule has 126 valence electrons. The average Bonchev–Trinajstić information content (AvgIpc) is 2.50. The van der Waals surface area contributed by atoms with Gasteiger partial charge in [0.1, 0.15) is 12.3 Å². The van der Waals surface area contributed by atoms with Crippen LogP contribution in [0.4, 0.5) is 5.69 Å². The van der Waals surface area contributed by atoms with Gasteiger partial charge >= 0.3 is 5.97 Å². The molecule has 1 heterocycles. The van der Waals surface area contributed by atoms with Crippen LogP contribution < -0.4 is 9.64 Å². The number of hydrogen-bond donors (Lipinski definition) is 1. The second-order valence-corrected chi connectivity index (χ2v) is 6.82. The first-order valence-corrected chi connectivity index (χ1v) is 8.54. The van der Waals surface area contributed by atoms with Gasteiger partial charge in [0.05, 0.1) is 10.6 Å². The Morgan fingerprint density at radius 2 is 2.00 bits per heavy atom. The Kier molecular flexibility index (Phi) is 4.90. The van der Waals surface area contributed by atoms with Gasteiger partial charge < -0.3 is 9.84 Å². The number of aliphatic carboxylic acids is 1. The number of benzene rings is 1. The van der Waals surface area contributed by atoms with Gasteiger partial charge in [-0.05, 0) is 18.2 Å². The van der Waals surface area contributed by atoms with Crippen molar-refractivity contribution in [2.75, 3.05) is 31.1 Å². The SMILES string of the molecule is CCN(CC)S(=O)(=O)c1ccc2c(c1)N(CC(=O)O)C(=O)CO2. The quantitative estimate of drug-likeness (QED) is 0.808. The van der Waals surface area contributed by atoms with Gasteiger partial charge in [0.25, 0.3) is 5.91 Å². The first-order chi connectivity index (χ1) is 10.8. The van der Waals surface area contributed by atoms with E-state index in [0.29, 0.717) is 13.1 Å². The highest BCUT2D eigenvalue weighted by atomic mass is 32.2. The molecule has 0 aliphatic carbocycles. The number of carbonyl (C=O) groups is 2. The zero-order valence-electron chi connectivity index (χ0n) is 12.9. The lowest BCUT2D eigenvalue weighted by Gasteiger charge is -2.29. The Morgan fingerprint density at radius 1 is 1.35 bits per heavy atom. The molecule has 23 heavy (non-hydrogen) atoms. The van der Waals surface area contributed by atoms with Crippen molar-refractivity contribution in [2.24, 2.45) is 0 Å². The van der Waals surface area contributed by atoms with E-state index >= 15 is 0 Å². The van der Waals surface area contributed by atoms with Gasteiger partial charge in [-0.3, -0.25) is 14.5 Å². The topological polar surface area (TPSA) is 104 Å². The predicted molar refractivity (Wildman–Crippen MR) is 82.0 cm³/mol. The summed E-state index contributed by atoms with van der Waals surface area (Å²) in [4.78, 5) is 23.8. The Morgan fingerprint density at radius 3 is 2.57 bits per heavy atom. The van der Waals surface area contributed by atoms with Gasteiger partial charge in [-0.2, -0.15) is 4.31 Å². The van der Waals surface area contributed by atoms with Crippen LogP contribution in [0.5, 0.6) is 5.75 Å². The summed E-state index contributed by atoms with van der Waals surface area (Å²) in [7, 11) is -3.71. The summed E-state index contributed by atoms with van der Waals surface area (Å²) in [6.45, 7) is 3.24. The van der Waals surface area contributed by atoms with Crippen molar-refractivity contribution in [1.82, 2.24) is 4.31 Å². The van der Waals surface area contributed by atoms with E-state index in [0.717, 1.165) is 4.90 Å². The van der Waals surface area contributed by atoms with Gasteiger partial charge in [-0.15, -0.1) is 0 Å². The van der Waals surface area contributed by atoms with E-state index in [2.05, 4.69) is 0 Å². The molecule has 8 nitrogen and oxygen atoms in total. The molecule has 0 fully saturated rings. The summed E-state index contributed by atoms with van der Waals surface area (Å²) in [5.41, 5.74) is 0.150. The van der Waals surface area contributed by atoms with Gasteiger partial charge in [-0.1, -0.05) is 13.8 Å². The number of amides is 1. The fraction of sp³-hybridized carbons (Fsp3) is 0.429. The second kappa shape index (κ2) is 6.55. The van der Waals surface area contributed by atoms with Crippen LogP contribution in [0, 0.1) is 0 Å². The molecule has 0 atom stereocenters. The normalized spacial score (nSPS) is 14.6. The first-order valence-electron chi connectivity index (χ1n) is 7.10. The number of carboxylic acid groups (broad SMARTS) is 1. The Hall–Kier alpha value is -2.13. The van der Waals surface area contributed by atoms with Crippen LogP contribution in [-0.2, 0) is 19.6 Å². The number of rotatable bonds is 6. The van der Waals surface area contributed by atoms with Crippen LogP contribution in [0.25, 0.3) is 0 Å². The highest BCUT2D eigenvalue weighted by molar-refractivity contribution is 7.89. The van der Waals surface area contributed by atoms with E-state index in [9.17, 15) is 18.0 Å². The second-order valence-electron chi connectivity index (χ2n) is 4.88. The smallest absolute Gasteiger partial charge is 0.323 e. The van der Waals surface area contributed by atoms with Crippen LogP contribution in [0.15, 0.2) is 23.1 Å². The molecule has 0 spiro atoms. The van der Waals surface area contributed by atoms with Gasteiger partial charge in [0.15, 0.2) is 6.61 Å². The molecule has 1 amide bonds. The van der Waals surface area contributed by atoms with E-state index in [-0.39, 0.29) is 22.9 Å². The molecule has 1 N–H and O–H groups in total. The number of carbonyl (C=O) groups excluding carboxylic acids is 1. The lowest BCUT2D eigenvalue weighted by atomic mass is 10.2. The van der Waals surface area contributed by atoms with Crippen LogP contribution >= 0.6 is 0 Å². The number of fused-ring (bicyclic) bond motifs is 1. The van der Waals surface area contributed by atoms with E-state index in [1.807, 2.05) is 0 Å². The molecule has 2 rings (SSSR count). The maximum Gasteiger partial charge on any atom is 0.323 e. The summed E-state index contributed by atoms with van der Waals surface area (Å²) in [5, 5.41) is 8.94. The van der Waals surface area contributed by atoms with Crippen molar-refractivity contribution in [2.45, 2.75) is 18.7 Å². The summed E-state index contributed by atoms with van der Waals surface area (Å²) in [6, 6.07) is 4.11. The molecule has 1 aromatic carbocycles. The highest BCUT2D eigenvalue weighted by Gasteiger charge is 2.30. The Labute approximate surface area is 134 Å². The summed E-state index contributed by atoms with van der Waals surface area (Å²) in [5.74, 6) is -1.44. The minimum Gasteiger partial charge on any atom is -0.482 e. The molecular weight excluding hydrogens is 324 g/mol. The van der Waals surface area contributed by atoms with Crippen LogP contribution in [0.1, 0.15) is 13.8 Å². The summed E-state index contributed by atoms with van der Waals surface area (Å²) < 4.78 is 31.6. The van der Waals surface area contributed by atoms with Crippen LogP contribution in [-0.4, -0.2) is 55.9 Å². The fourth-order valence-corrected chi connectivity index (χ4v) is 3.84. The third kappa shape index (κ3) is 3.30. The standard InChI is InChI=1S/C14H18N2O6S/c1-3-15(4-2)23(20,21)10-5-6-12-11(7-10)16(8-14(18)19)13(17)9-22-12/h5-7H,3-4,8-9H2,1-2H3,(H,18,19). The maximum absolute atomic E-state index is 12.6. The minimum absolute atomic E-state index is 0.00589. The van der Waals surface area contributed by atoms with Crippen molar-refractivity contribution >= 4 is 27.6 Å². The molecule has 1 aliphatic heterocycles. The molecule has 0 radical (unpaired) electrons. The largest absolute Gasteiger partial charge is 0.482 e. The summed E-state index contributed by atoms with van der Waals surface area (Å²) in [6.07, 6.45) is 0. The molecule has 0 bridgehead atoms. The van der Waals surface area contributed by atoms with Crippen molar-refractivity contribution in [1.29, 1.82) is 0 Å². The number of anilines is 1. The minimum atomic E-state index is -3.71. The van der Waals surface area contributed by atoms with Gasteiger partial charge in [-0.25, -0.2) is 8.42 Å².